The van der Waals surface area contributed by atoms with Gasteiger partial charge in [-0.1, -0.05) is 0 Å². The smallest absolute Gasteiger partial charge is 0.328 e. The number of rotatable bonds is 9. The lowest BCUT2D eigenvalue weighted by Gasteiger charge is -2.25. The molecule has 29 heavy (non-hydrogen) atoms. The minimum Gasteiger partial charge on any atom is -0.480 e. The lowest BCUT2D eigenvalue weighted by Crippen LogP contribution is -2.53. The van der Waals surface area contributed by atoms with Crippen molar-refractivity contribution in [2.75, 3.05) is 53.7 Å². The van der Waals surface area contributed by atoms with Crippen LogP contribution in [0, 0.1) is 11.3 Å². The average molecular weight is 415 g/mol. The van der Waals surface area contributed by atoms with Gasteiger partial charge in [0.05, 0.1) is 39.9 Å². The Morgan fingerprint density at radius 1 is 1.03 bits per heavy atom. The third-order valence-electron chi connectivity index (χ3n) is 4.75. The highest BCUT2D eigenvalue weighted by atomic mass is 16.5. The summed E-state index contributed by atoms with van der Waals surface area (Å²) in [5.41, 5.74) is -1.76. The van der Waals surface area contributed by atoms with Crippen LogP contribution >= 0.6 is 0 Å². The molecule has 0 aromatic heterocycles. The van der Waals surface area contributed by atoms with E-state index in [0.29, 0.717) is 45.6 Å². The van der Waals surface area contributed by atoms with Gasteiger partial charge in [-0.15, -0.1) is 0 Å². The van der Waals surface area contributed by atoms with E-state index in [4.69, 9.17) is 24.6 Å². The van der Waals surface area contributed by atoms with E-state index in [-0.39, 0.29) is 31.6 Å². The van der Waals surface area contributed by atoms with Crippen LogP contribution in [-0.2, 0) is 33.3 Å². The maximum Gasteiger partial charge on any atom is 0.328 e. The fraction of sp³-hybridized carbons (Fsp3) is 0.778. The molecule has 2 atom stereocenters. The summed E-state index contributed by atoms with van der Waals surface area (Å²) in [6.07, 6.45) is 1.55. The predicted octanol–water partition coefficient (Wildman–Crippen LogP) is -0.795. The zero-order chi connectivity index (χ0) is 21.8. The van der Waals surface area contributed by atoms with Crippen molar-refractivity contribution in [3.8, 4) is 6.07 Å². The van der Waals surface area contributed by atoms with Crippen LogP contribution in [0.15, 0.2) is 0 Å². The normalized spacial score (nSPS) is 25.4. The molecule has 2 heterocycles. The number of nitrogens with one attached hydrogen (secondary N) is 2. The molecule has 3 N–H and O–H groups in total. The molecule has 0 aromatic carbocycles. The van der Waals surface area contributed by atoms with Gasteiger partial charge in [-0.3, -0.25) is 20.2 Å². The number of carboxylic acid groups (broad SMARTS) is 1. The molecule has 2 aliphatic rings. The second-order valence-electron chi connectivity index (χ2n) is 6.65. The van der Waals surface area contributed by atoms with Gasteiger partial charge in [-0.2, -0.15) is 5.26 Å². The van der Waals surface area contributed by atoms with Crippen LogP contribution in [0.4, 0.5) is 0 Å². The number of methoxy groups -OCH3 is 2. The van der Waals surface area contributed by atoms with Crippen LogP contribution in [0.5, 0.6) is 0 Å². The quantitative estimate of drug-likeness (QED) is 0.320. The fourth-order valence-electron chi connectivity index (χ4n) is 2.95. The largest absolute Gasteiger partial charge is 0.480 e. The fourth-order valence-corrected chi connectivity index (χ4v) is 2.95. The first kappa shape index (κ1) is 24.8. The number of ether oxygens (including phenoxy) is 4. The lowest BCUT2D eigenvalue weighted by atomic mass is 9.99. The molecule has 0 aliphatic carbocycles. The van der Waals surface area contributed by atoms with Gasteiger partial charge in [0, 0.05) is 45.6 Å². The molecule has 2 rings (SSSR count). The van der Waals surface area contributed by atoms with Gasteiger partial charge >= 0.3 is 17.9 Å². The minimum absolute atomic E-state index is 0.188. The number of carbonyl (C=O) groups excluding carboxylic acids is 2. The topological polar surface area (TPSA) is 156 Å². The van der Waals surface area contributed by atoms with E-state index in [1.807, 2.05) is 6.07 Å². The van der Waals surface area contributed by atoms with Gasteiger partial charge in [-0.05, 0) is 0 Å². The molecule has 164 valence electrons. The Morgan fingerprint density at radius 3 is 2.07 bits per heavy atom. The zero-order valence-corrected chi connectivity index (χ0v) is 16.8. The van der Waals surface area contributed by atoms with Crippen molar-refractivity contribution in [3.05, 3.63) is 0 Å². The molecule has 2 aliphatic heterocycles. The molecule has 11 nitrogen and oxygen atoms in total. The third-order valence-corrected chi connectivity index (χ3v) is 4.75. The van der Waals surface area contributed by atoms with Crippen LogP contribution < -0.4 is 10.6 Å². The Balaban J connectivity index is 0.000000296. The molecular weight excluding hydrogens is 386 g/mol. The molecule has 2 saturated heterocycles. The lowest BCUT2D eigenvalue weighted by molar-refractivity contribution is -0.149. The van der Waals surface area contributed by atoms with E-state index < -0.39 is 17.0 Å². The number of carboxylic acids is 1. The minimum atomic E-state index is -0.961. The van der Waals surface area contributed by atoms with E-state index >= 15 is 0 Å². The molecule has 2 fully saturated rings. The summed E-state index contributed by atoms with van der Waals surface area (Å²) < 4.78 is 19.4. The van der Waals surface area contributed by atoms with Crippen molar-refractivity contribution >= 4 is 17.9 Å². The van der Waals surface area contributed by atoms with Gasteiger partial charge in [0.15, 0.2) is 0 Å². The molecule has 0 amide bonds. The zero-order valence-electron chi connectivity index (χ0n) is 16.8. The summed E-state index contributed by atoms with van der Waals surface area (Å²) in [6, 6.07) is 1.95. The van der Waals surface area contributed by atoms with Crippen molar-refractivity contribution < 1.29 is 38.4 Å². The SMILES string of the molecule is COC(=O)CCNC1(C(=O)OC)CCOC1.N#CCCNC1(C(=O)O)CCOC1. The summed E-state index contributed by atoms with van der Waals surface area (Å²) in [4.78, 5) is 33.4. The predicted molar refractivity (Wildman–Crippen MR) is 98.9 cm³/mol. The van der Waals surface area contributed by atoms with Crippen LogP contribution in [0.25, 0.3) is 0 Å². The Hall–Kier alpha value is -2.26. The van der Waals surface area contributed by atoms with Gasteiger partial charge < -0.3 is 24.1 Å². The maximum atomic E-state index is 11.6. The number of carbonyl (C=O) groups is 3. The highest BCUT2D eigenvalue weighted by Gasteiger charge is 2.43. The number of hydrogen-bond donors (Lipinski definition) is 3. The second kappa shape index (κ2) is 12.3. The van der Waals surface area contributed by atoms with E-state index in [9.17, 15) is 14.4 Å². The van der Waals surface area contributed by atoms with E-state index in [0.717, 1.165) is 0 Å². The van der Waals surface area contributed by atoms with Gasteiger partial charge in [-0.25, -0.2) is 4.79 Å². The first-order valence-corrected chi connectivity index (χ1v) is 9.27. The average Bonchev–Trinajstić information content (AvgIpc) is 3.39. The van der Waals surface area contributed by atoms with Crippen molar-refractivity contribution in [1.29, 1.82) is 5.26 Å². The number of nitriles is 1. The molecule has 11 heteroatoms. The van der Waals surface area contributed by atoms with Crippen molar-refractivity contribution in [1.82, 2.24) is 10.6 Å². The Labute approximate surface area is 169 Å². The highest BCUT2D eigenvalue weighted by Crippen LogP contribution is 2.20. The molecule has 0 radical (unpaired) electrons. The van der Waals surface area contributed by atoms with E-state index in [1.54, 1.807) is 0 Å². The summed E-state index contributed by atoms with van der Waals surface area (Å²) in [5.74, 6) is -1.57. The summed E-state index contributed by atoms with van der Waals surface area (Å²) >= 11 is 0. The maximum absolute atomic E-state index is 11.6. The number of aliphatic carboxylic acids is 1. The third kappa shape index (κ3) is 7.25. The second-order valence-corrected chi connectivity index (χ2v) is 6.65. The Bertz CT molecular complexity index is 592. The van der Waals surface area contributed by atoms with Crippen LogP contribution in [-0.4, -0.2) is 87.8 Å². The number of nitrogens with zero attached hydrogens (tertiary/aromatic N) is 1. The van der Waals surface area contributed by atoms with Crippen LogP contribution in [0.3, 0.4) is 0 Å². The monoisotopic (exact) mass is 415 g/mol. The summed E-state index contributed by atoms with van der Waals surface area (Å²) in [6.45, 7) is 2.21. The van der Waals surface area contributed by atoms with Crippen molar-refractivity contribution in [3.63, 3.8) is 0 Å². The van der Waals surface area contributed by atoms with Crippen molar-refractivity contribution in [2.45, 2.75) is 36.8 Å². The molecule has 0 aromatic rings. The molecule has 0 saturated carbocycles. The summed E-state index contributed by atoms with van der Waals surface area (Å²) in [5, 5.41) is 23.1. The van der Waals surface area contributed by atoms with Gasteiger partial charge in [0.25, 0.3) is 0 Å². The molecule has 0 bridgehead atoms. The van der Waals surface area contributed by atoms with Crippen LogP contribution in [0.1, 0.15) is 25.7 Å². The van der Waals surface area contributed by atoms with E-state index in [1.165, 1.54) is 14.2 Å². The molecular formula is C18H29N3O8. The van der Waals surface area contributed by atoms with E-state index in [2.05, 4.69) is 15.4 Å². The Morgan fingerprint density at radius 2 is 1.62 bits per heavy atom. The van der Waals surface area contributed by atoms with Crippen molar-refractivity contribution in [2.24, 2.45) is 0 Å². The first-order valence-electron chi connectivity index (χ1n) is 9.27. The van der Waals surface area contributed by atoms with Crippen LogP contribution in [0.2, 0.25) is 0 Å². The first-order chi connectivity index (χ1) is 13.9. The molecule has 0 spiro atoms. The summed E-state index contributed by atoms with van der Waals surface area (Å²) in [7, 11) is 2.67. The Kier molecular flexibility index (Phi) is 10.5. The number of esters is 2. The van der Waals surface area contributed by atoms with Gasteiger partial charge in [0.1, 0.15) is 11.1 Å². The molecule has 2 unspecified atom stereocenters. The highest BCUT2D eigenvalue weighted by molar-refractivity contribution is 5.81. The van der Waals surface area contributed by atoms with Gasteiger partial charge in [0.2, 0.25) is 0 Å². The number of hydrogen-bond acceptors (Lipinski definition) is 10. The standard InChI is InChI=1S/C10H17NO5.C8H12N2O3/c1-14-8(12)3-5-11-10(9(13)15-2)4-6-16-7-10;9-3-1-4-10-8(7(11)12)2-5-13-6-8/h11H,3-7H2,1-2H3;10H,1-2,4-6H2,(H,11,12).